The van der Waals surface area contributed by atoms with Crippen molar-refractivity contribution in [3.63, 3.8) is 0 Å². The number of carboxylic acid groups (broad SMARTS) is 1. The van der Waals surface area contributed by atoms with E-state index in [4.69, 9.17) is 5.11 Å². The average molecular weight is 308 g/mol. The van der Waals surface area contributed by atoms with E-state index in [9.17, 15) is 22.4 Å². The predicted octanol–water partition coefficient (Wildman–Crippen LogP) is 2.12. The van der Waals surface area contributed by atoms with Crippen LogP contribution in [0.1, 0.15) is 17.2 Å². The van der Waals surface area contributed by atoms with Gasteiger partial charge >= 0.3 is 12.1 Å². The summed E-state index contributed by atoms with van der Waals surface area (Å²) >= 11 is 0. The molecule has 8 heteroatoms. The minimum Gasteiger partial charge on any atom is -0.480 e. The standard InChI is InChI=1S/C13H16F4N2O2/c1-19(2)4-3-18-11(12(20)21)8-5-9(13(15,16)17)7-10(14)6-8/h5-7,11,18H,3-4H2,1-2H3,(H,20,21). The molecule has 1 unspecified atom stereocenters. The van der Waals surface area contributed by atoms with Gasteiger partial charge in [-0.05, 0) is 37.9 Å². The molecule has 0 radical (unpaired) electrons. The Morgan fingerprint density at radius 3 is 2.43 bits per heavy atom. The van der Waals surface area contributed by atoms with Gasteiger partial charge in [-0.25, -0.2) is 4.39 Å². The molecule has 1 atom stereocenters. The van der Waals surface area contributed by atoms with Crippen molar-refractivity contribution in [2.45, 2.75) is 12.2 Å². The first-order chi connectivity index (χ1) is 9.61. The zero-order valence-electron chi connectivity index (χ0n) is 11.5. The van der Waals surface area contributed by atoms with Gasteiger partial charge in [0.25, 0.3) is 0 Å². The molecule has 0 aliphatic heterocycles. The second-order valence-corrected chi connectivity index (χ2v) is 4.80. The molecule has 0 aliphatic rings. The van der Waals surface area contributed by atoms with Crippen LogP contribution in [0, 0.1) is 5.82 Å². The summed E-state index contributed by atoms with van der Waals surface area (Å²) in [4.78, 5) is 12.9. The Labute approximate surface area is 119 Å². The maximum absolute atomic E-state index is 13.3. The second kappa shape index (κ2) is 6.86. The number of aliphatic carboxylic acids is 1. The summed E-state index contributed by atoms with van der Waals surface area (Å²) in [6.07, 6.45) is -4.73. The Bertz CT molecular complexity index is 503. The first-order valence-corrected chi connectivity index (χ1v) is 6.10. The smallest absolute Gasteiger partial charge is 0.416 e. The van der Waals surface area contributed by atoms with Crippen LogP contribution in [0.2, 0.25) is 0 Å². The van der Waals surface area contributed by atoms with Crippen LogP contribution in [-0.4, -0.2) is 43.2 Å². The van der Waals surface area contributed by atoms with Gasteiger partial charge in [0.05, 0.1) is 5.56 Å². The van der Waals surface area contributed by atoms with E-state index >= 15 is 0 Å². The highest BCUT2D eigenvalue weighted by Gasteiger charge is 2.32. The van der Waals surface area contributed by atoms with Crippen molar-refractivity contribution in [2.75, 3.05) is 27.2 Å². The van der Waals surface area contributed by atoms with Gasteiger partial charge in [-0.2, -0.15) is 13.2 Å². The summed E-state index contributed by atoms with van der Waals surface area (Å²) in [7, 11) is 3.53. The molecule has 21 heavy (non-hydrogen) atoms. The predicted molar refractivity (Wildman–Crippen MR) is 68.3 cm³/mol. The lowest BCUT2D eigenvalue weighted by molar-refractivity contribution is -0.141. The normalized spacial score (nSPS) is 13.5. The number of rotatable bonds is 6. The van der Waals surface area contributed by atoms with Crippen LogP contribution in [0.15, 0.2) is 18.2 Å². The largest absolute Gasteiger partial charge is 0.480 e. The topological polar surface area (TPSA) is 52.6 Å². The summed E-state index contributed by atoms with van der Waals surface area (Å²) < 4.78 is 51.2. The number of nitrogens with one attached hydrogen (secondary N) is 1. The summed E-state index contributed by atoms with van der Waals surface area (Å²) in [5.74, 6) is -2.49. The highest BCUT2D eigenvalue weighted by atomic mass is 19.4. The van der Waals surface area contributed by atoms with Gasteiger partial charge in [0.1, 0.15) is 11.9 Å². The van der Waals surface area contributed by atoms with Crippen LogP contribution in [0.25, 0.3) is 0 Å². The summed E-state index contributed by atoms with van der Waals surface area (Å²) in [6, 6.07) is 0.366. The molecular weight excluding hydrogens is 292 g/mol. The Balaban J connectivity index is 3.03. The maximum atomic E-state index is 13.3. The van der Waals surface area contributed by atoms with Crippen LogP contribution >= 0.6 is 0 Å². The van der Waals surface area contributed by atoms with Crippen LogP contribution in [-0.2, 0) is 11.0 Å². The fourth-order valence-corrected chi connectivity index (χ4v) is 1.72. The molecule has 2 N–H and O–H groups in total. The van der Waals surface area contributed by atoms with E-state index in [-0.39, 0.29) is 12.1 Å². The Morgan fingerprint density at radius 1 is 1.33 bits per heavy atom. The minimum absolute atomic E-state index is 0.238. The molecule has 0 aliphatic carbocycles. The molecule has 0 spiro atoms. The zero-order valence-corrected chi connectivity index (χ0v) is 11.5. The van der Waals surface area contributed by atoms with E-state index in [0.29, 0.717) is 18.7 Å². The number of alkyl halides is 3. The lowest BCUT2D eigenvalue weighted by atomic mass is 10.0. The van der Waals surface area contributed by atoms with Gasteiger partial charge < -0.3 is 10.0 Å². The van der Waals surface area contributed by atoms with Crippen molar-refractivity contribution in [1.29, 1.82) is 0 Å². The third-order valence-electron chi connectivity index (χ3n) is 2.74. The number of nitrogens with zero attached hydrogens (tertiary/aromatic N) is 1. The molecule has 0 saturated heterocycles. The van der Waals surface area contributed by atoms with Gasteiger partial charge in [-0.1, -0.05) is 0 Å². The highest BCUT2D eigenvalue weighted by molar-refractivity contribution is 5.75. The van der Waals surface area contributed by atoms with Crippen LogP contribution in [0.3, 0.4) is 0 Å². The number of likely N-dealkylation sites (N-methyl/N-ethyl adjacent to an activating group) is 1. The van der Waals surface area contributed by atoms with Crippen LogP contribution in [0.5, 0.6) is 0 Å². The third kappa shape index (κ3) is 5.31. The lowest BCUT2D eigenvalue weighted by Crippen LogP contribution is -2.34. The summed E-state index contributed by atoms with van der Waals surface area (Å²) in [6.45, 7) is 0.729. The van der Waals surface area contributed by atoms with Gasteiger partial charge in [0.2, 0.25) is 0 Å². The van der Waals surface area contributed by atoms with Crippen LogP contribution < -0.4 is 5.32 Å². The number of hydrogen-bond donors (Lipinski definition) is 2. The second-order valence-electron chi connectivity index (χ2n) is 4.80. The van der Waals surface area contributed by atoms with Crippen molar-refractivity contribution < 1.29 is 27.5 Å². The monoisotopic (exact) mass is 308 g/mol. The number of carbonyl (C=O) groups is 1. The molecule has 4 nitrogen and oxygen atoms in total. The molecule has 0 bridgehead atoms. The molecule has 0 heterocycles. The van der Waals surface area contributed by atoms with Gasteiger partial charge in [-0.15, -0.1) is 0 Å². The van der Waals surface area contributed by atoms with E-state index in [1.165, 1.54) is 0 Å². The zero-order chi connectivity index (χ0) is 16.2. The SMILES string of the molecule is CN(C)CCNC(C(=O)O)c1cc(F)cc(C(F)(F)F)c1. The van der Waals surface area contributed by atoms with Crippen molar-refractivity contribution in [3.8, 4) is 0 Å². The summed E-state index contributed by atoms with van der Waals surface area (Å²) in [5.41, 5.74) is -1.48. The summed E-state index contributed by atoms with van der Waals surface area (Å²) in [5, 5.41) is 11.7. The average Bonchev–Trinajstić information content (AvgIpc) is 2.31. The quantitative estimate of drug-likeness (QED) is 0.791. The van der Waals surface area contributed by atoms with Crippen molar-refractivity contribution in [2.24, 2.45) is 0 Å². The number of halogens is 4. The lowest BCUT2D eigenvalue weighted by Gasteiger charge is -2.18. The molecule has 0 saturated carbocycles. The third-order valence-corrected chi connectivity index (χ3v) is 2.74. The molecule has 0 aromatic heterocycles. The number of hydrogen-bond acceptors (Lipinski definition) is 3. The Hall–Kier alpha value is -1.67. The highest BCUT2D eigenvalue weighted by Crippen LogP contribution is 2.31. The first kappa shape index (κ1) is 17.4. The van der Waals surface area contributed by atoms with Gasteiger partial charge in [-0.3, -0.25) is 10.1 Å². The van der Waals surface area contributed by atoms with E-state index in [0.717, 1.165) is 6.07 Å². The first-order valence-electron chi connectivity index (χ1n) is 6.10. The fraction of sp³-hybridized carbons (Fsp3) is 0.462. The molecule has 0 amide bonds. The van der Waals surface area contributed by atoms with Crippen LogP contribution in [0.4, 0.5) is 17.6 Å². The minimum atomic E-state index is -4.73. The molecule has 1 aromatic rings. The maximum Gasteiger partial charge on any atom is 0.416 e. The van der Waals surface area contributed by atoms with Crippen molar-refractivity contribution in [1.82, 2.24) is 10.2 Å². The molecule has 0 fully saturated rings. The molecule has 1 rings (SSSR count). The van der Waals surface area contributed by atoms with E-state index in [1.54, 1.807) is 19.0 Å². The van der Waals surface area contributed by atoms with Crippen molar-refractivity contribution >= 4 is 5.97 Å². The van der Waals surface area contributed by atoms with Crippen molar-refractivity contribution in [3.05, 3.63) is 35.1 Å². The Morgan fingerprint density at radius 2 is 1.95 bits per heavy atom. The number of benzene rings is 1. The van der Waals surface area contributed by atoms with E-state index in [1.807, 2.05) is 0 Å². The molecule has 118 valence electrons. The molecule has 1 aromatic carbocycles. The van der Waals surface area contributed by atoms with E-state index < -0.39 is 29.6 Å². The fourth-order valence-electron chi connectivity index (χ4n) is 1.72. The van der Waals surface area contributed by atoms with E-state index in [2.05, 4.69) is 5.32 Å². The van der Waals surface area contributed by atoms with Gasteiger partial charge in [0.15, 0.2) is 0 Å². The van der Waals surface area contributed by atoms with Gasteiger partial charge in [0, 0.05) is 13.1 Å². The Kier molecular flexibility index (Phi) is 5.68. The number of carboxylic acids is 1. The molecular formula is C13H16F4N2O2.